The van der Waals surface area contributed by atoms with Gasteiger partial charge in [-0.1, -0.05) is 15.9 Å². The van der Waals surface area contributed by atoms with E-state index >= 15 is 0 Å². The van der Waals surface area contributed by atoms with Crippen molar-refractivity contribution in [2.75, 3.05) is 4.90 Å². The largest absolute Gasteiger partial charge is 0.351 e. The molecule has 1 aromatic carbocycles. The van der Waals surface area contributed by atoms with Crippen LogP contribution in [0, 0.1) is 5.41 Å². The van der Waals surface area contributed by atoms with E-state index in [-0.39, 0.29) is 5.84 Å². The zero-order valence-electron chi connectivity index (χ0n) is 7.62. The summed E-state index contributed by atoms with van der Waals surface area (Å²) in [5, 5.41) is 7.39. The van der Waals surface area contributed by atoms with Crippen LogP contribution in [0.2, 0.25) is 0 Å². The highest BCUT2D eigenvalue weighted by molar-refractivity contribution is 9.10. The van der Waals surface area contributed by atoms with Crippen molar-refractivity contribution in [2.24, 2.45) is 5.73 Å². The summed E-state index contributed by atoms with van der Waals surface area (Å²) >= 11 is 3.28. The number of hydrogen-bond acceptors (Lipinski definition) is 2. The summed E-state index contributed by atoms with van der Waals surface area (Å²) in [5.74, 6) is 0.0971. The highest BCUT2D eigenvalue weighted by Crippen LogP contribution is 2.18. The van der Waals surface area contributed by atoms with Crippen LogP contribution < -0.4 is 10.6 Å². The number of rotatable bonds is 1. The van der Waals surface area contributed by atoms with E-state index in [0.29, 0.717) is 5.69 Å². The number of carbonyl (C=O) groups excluding carboxylic acids is 1. The minimum absolute atomic E-state index is 0.0971. The van der Waals surface area contributed by atoms with Gasteiger partial charge in [0.15, 0.2) is 0 Å². The molecule has 0 atom stereocenters. The summed E-state index contributed by atoms with van der Waals surface area (Å²) < 4.78 is 0.910. The highest BCUT2D eigenvalue weighted by atomic mass is 79.9. The molecule has 0 spiro atoms. The van der Waals surface area contributed by atoms with Crippen molar-refractivity contribution in [2.45, 2.75) is 6.92 Å². The lowest BCUT2D eigenvalue weighted by molar-refractivity contribution is 0.256. The quantitative estimate of drug-likeness (QED) is 0.587. The fourth-order valence-electron chi connectivity index (χ4n) is 1.08. The molecular formula is C9H10BrN3O. The number of amidine groups is 1. The van der Waals surface area contributed by atoms with Gasteiger partial charge in [-0.05, 0) is 31.2 Å². The zero-order valence-corrected chi connectivity index (χ0v) is 9.21. The van der Waals surface area contributed by atoms with E-state index in [1.54, 1.807) is 24.3 Å². The molecule has 3 N–H and O–H groups in total. The van der Waals surface area contributed by atoms with Crippen molar-refractivity contribution in [3.63, 3.8) is 0 Å². The lowest BCUT2D eigenvalue weighted by Gasteiger charge is -2.18. The van der Waals surface area contributed by atoms with Crippen LogP contribution in [0.1, 0.15) is 6.92 Å². The predicted octanol–water partition coefficient (Wildman–Crippen LogP) is 2.33. The van der Waals surface area contributed by atoms with Gasteiger partial charge in [0.2, 0.25) is 0 Å². The Morgan fingerprint density at radius 2 is 1.93 bits per heavy atom. The normalized spacial score (nSPS) is 9.57. The maximum Gasteiger partial charge on any atom is 0.324 e. The molecule has 4 nitrogen and oxygen atoms in total. The Bertz CT molecular complexity index is 347. The second kappa shape index (κ2) is 4.23. The van der Waals surface area contributed by atoms with Gasteiger partial charge in [0.1, 0.15) is 5.84 Å². The number of anilines is 1. The van der Waals surface area contributed by atoms with Crippen LogP contribution in [0.3, 0.4) is 0 Å². The number of urea groups is 1. The number of carbonyl (C=O) groups is 1. The van der Waals surface area contributed by atoms with Gasteiger partial charge in [-0.15, -0.1) is 0 Å². The first kappa shape index (κ1) is 10.7. The second-order valence-corrected chi connectivity index (χ2v) is 3.65. The maximum absolute atomic E-state index is 11.0. The summed E-state index contributed by atoms with van der Waals surface area (Å²) in [5.41, 5.74) is 5.73. The van der Waals surface area contributed by atoms with Gasteiger partial charge in [-0.2, -0.15) is 0 Å². The van der Waals surface area contributed by atoms with Crippen molar-refractivity contribution in [3.05, 3.63) is 28.7 Å². The Morgan fingerprint density at radius 3 is 2.29 bits per heavy atom. The third-order valence-electron chi connectivity index (χ3n) is 1.64. The average Bonchev–Trinajstić information content (AvgIpc) is 2.07. The number of hydrogen-bond donors (Lipinski definition) is 2. The number of halogens is 1. The fourth-order valence-corrected chi connectivity index (χ4v) is 1.34. The lowest BCUT2D eigenvalue weighted by Crippen LogP contribution is -2.38. The molecule has 5 heteroatoms. The van der Waals surface area contributed by atoms with E-state index in [4.69, 9.17) is 11.1 Å². The van der Waals surface area contributed by atoms with Crippen molar-refractivity contribution in [3.8, 4) is 0 Å². The number of nitrogens with one attached hydrogen (secondary N) is 1. The van der Waals surface area contributed by atoms with Crippen molar-refractivity contribution >= 4 is 33.5 Å². The molecule has 0 aliphatic rings. The summed E-state index contributed by atoms with van der Waals surface area (Å²) in [4.78, 5) is 12.2. The molecule has 0 fully saturated rings. The van der Waals surface area contributed by atoms with Crippen LogP contribution >= 0.6 is 15.9 Å². The summed E-state index contributed by atoms with van der Waals surface area (Å²) in [7, 11) is 0. The standard InChI is InChI=1S/C9H10BrN3O/c1-6(11)13(9(12)14)8-4-2-7(10)3-5-8/h2-5,11H,1H3,(H2,12,14). The van der Waals surface area contributed by atoms with Crippen molar-refractivity contribution in [1.29, 1.82) is 5.41 Å². The minimum atomic E-state index is -0.653. The monoisotopic (exact) mass is 255 g/mol. The topological polar surface area (TPSA) is 70.2 Å². The molecule has 14 heavy (non-hydrogen) atoms. The van der Waals surface area contributed by atoms with Gasteiger partial charge in [0.25, 0.3) is 0 Å². The SMILES string of the molecule is CC(=N)N(C(N)=O)c1ccc(Br)cc1. The molecule has 0 radical (unpaired) electrons. The van der Waals surface area contributed by atoms with E-state index in [9.17, 15) is 4.79 Å². The van der Waals surface area contributed by atoms with E-state index in [1.165, 1.54) is 6.92 Å². The smallest absolute Gasteiger partial charge is 0.324 e. The Hall–Kier alpha value is -1.36. The molecule has 0 aliphatic carbocycles. The maximum atomic E-state index is 11.0. The number of nitrogens with zero attached hydrogens (tertiary/aromatic N) is 1. The van der Waals surface area contributed by atoms with Gasteiger partial charge in [0, 0.05) is 4.47 Å². The Kier molecular flexibility index (Phi) is 3.24. The third kappa shape index (κ3) is 2.32. The van der Waals surface area contributed by atoms with Crippen LogP contribution in [-0.2, 0) is 0 Å². The fraction of sp³-hybridized carbons (Fsp3) is 0.111. The molecule has 0 aromatic heterocycles. The van der Waals surface area contributed by atoms with Gasteiger partial charge in [0.05, 0.1) is 5.69 Å². The average molecular weight is 256 g/mol. The zero-order chi connectivity index (χ0) is 10.7. The predicted molar refractivity (Wildman–Crippen MR) is 59.6 cm³/mol. The van der Waals surface area contributed by atoms with Gasteiger partial charge < -0.3 is 5.73 Å². The molecule has 0 bridgehead atoms. The molecule has 2 amide bonds. The van der Waals surface area contributed by atoms with Gasteiger partial charge in [-0.25, -0.2) is 4.79 Å². The van der Waals surface area contributed by atoms with Crippen LogP contribution in [0.15, 0.2) is 28.7 Å². The molecule has 0 heterocycles. The van der Waals surface area contributed by atoms with E-state index < -0.39 is 6.03 Å². The first-order valence-electron chi connectivity index (χ1n) is 3.92. The van der Waals surface area contributed by atoms with Crippen molar-refractivity contribution < 1.29 is 4.79 Å². The molecule has 0 saturated heterocycles. The Morgan fingerprint density at radius 1 is 1.43 bits per heavy atom. The summed E-state index contributed by atoms with van der Waals surface area (Å²) in [6.45, 7) is 1.51. The Labute approximate surface area is 90.3 Å². The van der Waals surface area contributed by atoms with Gasteiger partial charge >= 0.3 is 6.03 Å². The molecule has 1 aromatic rings. The molecular weight excluding hydrogens is 246 g/mol. The van der Waals surface area contributed by atoms with Crippen LogP contribution in [0.25, 0.3) is 0 Å². The van der Waals surface area contributed by atoms with Crippen LogP contribution in [0.4, 0.5) is 10.5 Å². The number of benzene rings is 1. The first-order valence-corrected chi connectivity index (χ1v) is 4.72. The summed E-state index contributed by atoms with van der Waals surface area (Å²) in [6, 6.07) is 6.35. The summed E-state index contributed by atoms with van der Waals surface area (Å²) in [6.07, 6.45) is 0. The van der Waals surface area contributed by atoms with Gasteiger partial charge in [-0.3, -0.25) is 10.3 Å². The first-order chi connectivity index (χ1) is 6.52. The minimum Gasteiger partial charge on any atom is -0.351 e. The second-order valence-electron chi connectivity index (χ2n) is 2.74. The van der Waals surface area contributed by atoms with Crippen molar-refractivity contribution in [1.82, 2.24) is 0 Å². The molecule has 1 rings (SSSR count). The van der Waals surface area contributed by atoms with E-state index in [0.717, 1.165) is 9.37 Å². The molecule has 0 saturated carbocycles. The Balaban J connectivity index is 3.06. The van der Waals surface area contributed by atoms with Crippen LogP contribution in [-0.4, -0.2) is 11.9 Å². The van der Waals surface area contributed by atoms with E-state index in [2.05, 4.69) is 15.9 Å². The molecule has 0 unspecified atom stereocenters. The molecule has 0 aliphatic heterocycles. The molecule has 74 valence electrons. The number of primary amides is 1. The number of nitrogens with two attached hydrogens (primary N) is 1. The van der Waals surface area contributed by atoms with Crippen LogP contribution in [0.5, 0.6) is 0 Å². The number of amides is 2. The van der Waals surface area contributed by atoms with E-state index in [1.807, 2.05) is 0 Å². The third-order valence-corrected chi connectivity index (χ3v) is 2.17. The lowest BCUT2D eigenvalue weighted by atomic mass is 10.3. The highest BCUT2D eigenvalue weighted by Gasteiger charge is 2.13.